The van der Waals surface area contributed by atoms with Crippen LogP contribution in [0.2, 0.25) is 5.02 Å². The zero-order chi connectivity index (χ0) is 30.9. The summed E-state index contributed by atoms with van der Waals surface area (Å²) < 4.78 is 11.0. The number of aliphatic hydroxyl groups is 6. The summed E-state index contributed by atoms with van der Waals surface area (Å²) in [6.07, 6.45) is 4.42. The van der Waals surface area contributed by atoms with Crippen LogP contribution in [-0.2, 0) is 9.47 Å². The first kappa shape index (κ1) is 36.8. The zero-order valence-corrected chi connectivity index (χ0v) is 25.6. The standard InChI is InChI=1S/C31H52ClNO9/c1-2-3-4-5-6-7-8-9-10-11-12-13-14-24(35)26(36)23(33-30(40)21-15-17-22(32)18-16-21)20-41-31-29(39)28(38)27(37)25(19-34)42-31/h15-18,23-29,31,34-39H,2-14,19-20H2,1H3,(H,33,40)/t23?,24?,25?,26?,27?,28?,29?,31-/m1/s1. The van der Waals surface area contributed by atoms with E-state index in [2.05, 4.69) is 12.2 Å². The van der Waals surface area contributed by atoms with Crippen LogP contribution < -0.4 is 5.32 Å². The molecule has 1 aromatic rings. The molecule has 1 aliphatic rings. The number of rotatable bonds is 21. The normalized spacial score (nSPS) is 24.7. The molecule has 1 aliphatic heterocycles. The molecular formula is C31H52ClNO9. The number of halogens is 1. The van der Waals surface area contributed by atoms with E-state index in [1.165, 1.54) is 63.5 Å². The summed E-state index contributed by atoms with van der Waals surface area (Å²) in [5.41, 5.74) is 0.278. The quantitative estimate of drug-likeness (QED) is 0.102. The summed E-state index contributed by atoms with van der Waals surface area (Å²) in [5, 5.41) is 64.6. The lowest BCUT2D eigenvalue weighted by molar-refractivity contribution is -0.303. The first-order valence-electron chi connectivity index (χ1n) is 15.5. The van der Waals surface area contributed by atoms with Crippen molar-refractivity contribution in [3.05, 3.63) is 34.9 Å². The lowest BCUT2D eigenvalue weighted by Gasteiger charge is -2.40. The largest absolute Gasteiger partial charge is 0.394 e. The van der Waals surface area contributed by atoms with Crippen molar-refractivity contribution in [2.24, 2.45) is 0 Å². The summed E-state index contributed by atoms with van der Waals surface area (Å²) in [6.45, 7) is 1.21. The fourth-order valence-electron chi connectivity index (χ4n) is 5.12. The number of unbranched alkanes of at least 4 members (excludes halogenated alkanes) is 11. The van der Waals surface area contributed by atoms with Gasteiger partial charge in [-0.3, -0.25) is 4.79 Å². The van der Waals surface area contributed by atoms with E-state index in [1.807, 2.05) is 0 Å². The molecule has 0 aromatic heterocycles. The lowest BCUT2D eigenvalue weighted by Crippen LogP contribution is -2.60. The van der Waals surface area contributed by atoms with E-state index in [1.54, 1.807) is 12.1 Å². The Labute approximate surface area is 255 Å². The highest BCUT2D eigenvalue weighted by molar-refractivity contribution is 6.30. The molecule has 1 saturated heterocycles. The maximum atomic E-state index is 12.9. The van der Waals surface area contributed by atoms with E-state index < -0.39 is 68.1 Å². The molecule has 42 heavy (non-hydrogen) atoms. The molecule has 1 fully saturated rings. The number of nitrogens with one attached hydrogen (secondary N) is 1. The van der Waals surface area contributed by atoms with E-state index in [0.29, 0.717) is 17.9 Å². The number of hydrogen-bond acceptors (Lipinski definition) is 9. The maximum Gasteiger partial charge on any atom is 0.251 e. The summed E-state index contributed by atoms with van der Waals surface area (Å²) in [7, 11) is 0. The Morgan fingerprint density at radius 2 is 1.43 bits per heavy atom. The number of benzene rings is 1. The number of aliphatic hydroxyl groups excluding tert-OH is 6. The third-order valence-electron chi connectivity index (χ3n) is 7.87. The van der Waals surface area contributed by atoms with E-state index in [9.17, 15) is 35.4 Å². The highest BCUT2D eigenvalue weighted by atomic mass is 35.5. The number of carbonyl (C=O) groups is 1. The number of ether oxygens (including phenoxy) is 2. The Balaban J connectivity index is 1.86. The molecule has 0 saturated carbocycles. The van der Waals surface area contributed by atoms with Gasteiger partial charge < -0.3 is 45.4 Å². The molecular weight excluding hydrogens is 566 g/mol. The van der Waals surface area contributed by atoms with Crippen LogP contribution in [0.1, 0.15) is 101 Å². The highest BCUT2D eigenvalue weighted by Gasteiger charge is 2.44. The van der Waals surface area contributed by atoms with E-state index in [-0.39, 0.29) is 5.56 Å². The van der Waals surface area contributed by atoms with Gasteiger partial charge in [-0.2, -0.15) is 0 Å². The van der Waals surface area contributed by atoms with Crippen LogP contribution in [0, 0.1) is 0 Å². The molecule has 7 N–H and O–H groups in total. The average molecular weight is 618 g/mol. The van der Waals surface area contributed by atoms with Gasteiger partial charge in [-0.25, -0.2) is 0 Å². The third kappa shape index (κ3) is 12.7. The van der Waals surface area contributed by atoms with Crippen molar-refractivity contribution in [3.63, 3.8) is 0 Å². The molecule has 0 spiro atoms. The van der Waals surface area contributed by atoms with Crippen LogP contribution in [-0.4, -0.2) is 98.7 Å². The minimum Gasteiger partial charge on any atom is -0.394 e. The van der Waals surface area contributed by atoms with Crippen LogP contribution in [0.4, 0.5) is 0 Å². The number of carbonyl (C=O) groups excluding carboxylic acids is 1. The topological polar surface area (TPSA) is 169 Å². The number of amides is 1. The third-order valence-corrected chi connectivity index (χ3v) is 8.12. The summed E-state index contributed by atoms with van der Waals surface area (Å²) in [5.74, 6) is -0.536. The van der Waals surface area contributed by atoms with Crippen LogP contribution in [0.15, 0.2) is 24.3 Å². The Hall–Kier alpha value is -1.34. The minimum atomic E-state index is -1.64. The van der Waals surface area contributed by atoms with Gasteiger partial charge in [0.1, 0.15) is 30.5 Å². The molecule has 1 amide bonds. The second kappa shape index (κ2) is 20.6. The van der Waals surface area contributed by atoms with Crippen molar-refractivity contribution < 1.29 is 44.9 Å². The van der Waals surface area contributed by atoms with Crippen molar-refractivity contribution in [3.8, 4) is 0 Å². The van der Waals surface area contributed by atoms with Crippen molar-refractivity contribution in [2.75, 3.05) is 13.2 Å². The van der Waals surface area contributed by atoms with Gasteiger partial charge in [0.05, 0.1) is 25.4 Å². The van der Waals surface area contributed by atoms with Crippen molar-refractivity contribution in [1.29, 1.82) is 0 Å². The first-order chi connectivity index (χ1) is 20.2. The molecule has 7 unspecified atom stereocenters. The van der Waals surface area contributed by atoms with Gasteiger partial charge in [-0.05, 0) is 30.7 Å². The number of hydrogen-bond donors (Lipinski definition) is 7. The second-order valence-electron chi connectivity index (χ2n) is 11.4. The first-order valence-corrected chi connectivity index (χ1v) is 15.9. The van der Waals surface area contributed by atoms with E-state index in [4.69, 9.17) is 21.1 Å². The van der Waals surface area contributed by atoms with Gasteiger partial charge in [0.15, 0.2) is 6.29 Å². The highest BCUT2D eigenvalue weighted by Crippen LogP contribution is 2.23. The summed E-state index contributed by atoms with van der Waals surface area (Å²) in [4.78, 5) is 12.9. The van der Waals surface area contributed by atoms with Crippen molar-refractivity contribution in [2.45, 2.75) is 139 Å². The summed E-state index contributed by atoms with van der Waals surface area (Å²) in [6, 6.07) is 5.03. The van der Waals surface area contributed by atoms with Gasteiger partial charge in [0.25, 0.3) is 5.91 Å². The fraction of sp³-hybridized carbons (Fsp3) is 0.774. The van der Waals surface area contributed by atoms with Gasteiger partial charge in [0, 0.05) is 10.6 Å². The van der Waals surface area contributed by atoms with Crippen LogP contribution in [0.5, 0.6) is 0 Å². The second-order valence-corrected chi connectivity index (χ2v) is 11.8. The summed E-state index contributed by atoms with van der Waals surface area (Å²) >= 11 is 5.91. The van der Waals surface area contributed by atoms with Gasteiger partial charge >= 0.3 is 0 Å². The monoisotopic (exact) mass is 617 g/mol. The molecule has 8 atom stereocenters. The Morgan fingerprint density at radius 3 is 1.98 bits per heavy atom. The molecule has 0 radical (unpaired) electrons. The molecule has 1 aromatic carbocycles. The predicted octanol–water partition coefficient (Wildman–Crippen LogP) is 3.07. The van der Waals surface area contributed by atoms with E-state index >= 15 is 0 Å². The molecule has 10 nitrogen and oxygen atoms in total. The maximum absolute atomic E-state index is 12.9. The molecule has 0 aliphatic carbocycles. The zero-order valence-electron chi connectivity index (χ0n) is 24.8. The Morgan fingerprint density at radius 1 is 0.881 bits per heavy atom. The van der Waals surface area contributed by atoms with Gasteiger partial charge in [-0.1, -0.05) is 95.6 Å². The van der Waals surface area contributed by atoms with Crippen molar-refractivity contribution in [1.82, 2.24) is 5.32 Å². The van der Waals surface area contributed by atoms with Crippen LogP contribution >= 0.6 is 11.6 Å². The SMILES string of the molecule is CCCCCCCCCCCCCCC(O)C(O)C(CO[C@@H]1OC(CO)C(O)C(O)C1O)NC(=O)c1ccc(Cl)cc1. The van der Waals surface area contributed by atoms with Crippen molar-refractivity contribution >= 4 is 17.5 Å². The minimum absolute atomic E-state index is 0.278. The average Bonchev–Trinajstić information content (AvgIpc) is 2.99. The predicted molar refractivity (Wildman–Crippen MR) is 160 cm³/mol. The van der Waals surface area contributed by atoms with Gasteiger partial charge in [0.2, 0.25) is 0 Å². The molecule has 0 bridgehead atoms. The molecule has 2 rings (SSSR count). The van der Waals surface area contributed by atoms with Gasteiger partial charge in [-0.15, -0.1) is 0 Å². The fourth-order valence-corrected chi connectivity index (χ4v) is 5.24. The lowest BCUT2D eigenvalue weighted by atomic mass is 9.98. The Bertz CT molecular complexity index is 859. The molecule has 11 heteroatoms. The molecule has 242 valence electrons. The van der Waals surface area contributed by atoms with Crippen LogP contribution in [0.3, 0.4) is 0 Å². The van der Waals surface area contributed by atoms with E-state index in [0.717, 1.165) is 19.3 Å². The Kier molecular flexibility index (Phi) is 18.1. The molecule has 1 heterocycles. The van der Waals surface area contributed by atoms with Crippen LogP contribution in [0.25, 0.3) is 0 Å². The smallest absolute Gasteiger partial charge is 0.251 e.